The molecule has 26 heavy (non-hydrogen) atoms. The number of aromatic nitrogens is 2. The molecule has 1 aromatic heterocycles. The van der Waals surface area contributed by atoms with E-state index in [-0.39, 0.29) is 6.04 Å². The molecule has 1 unspecified atom stereocenters. The van der Waals surface area contributed by atoms with Gasteiger partial charge in [-0.1, -0.05) is 6.07 Å². The van der Waals surface area contributed by atoms with Crippen molar-refractivity contribution < 1.29 is 14.2 Å². The van der Waals surface area contributed by atoms with Crippen molar-refractivity contribution in [2.75, 3.05) is 45.3 Å². The third-order valence-corrected chi connectivity index (χ3v) is 4.66. The van der Waals surface area contributed by atoms with Gasteiger partial charge in [0.25, 0.3) is 0 Å². The minimum atomic E-state index is 0.0314. The molecule has 2 aromatic rings. The van der Waals surface area contributed by atoms with Gasteiger partial charge in [-0.05, 0) is 24.6 Å². The van der Waals surface area contributed by atoms with Gasteiger partial charge in [0.15, 0.2) is 11.5 Å². The highest BCUT2D eigenvalue weighted by molar-refractivity contribution is 5.44. The van der Waals surface area contributed by atoms with Crippen LogP contribution in [-0.2, 0) is 11.3 Å². The second-order valence-electron chi connectivity index (χ2n) is 6.54. The van der Waals surface area contributed by atoms with Gasteiger partial charge < -0.3 is 19.5 Å². The Morgan fingerprint density at radius 3 is 2.81 bits per heavy atom. The van der Waals surface area contributed by atoms with E-state index in [4.69, 9.17) is 14.2 Å². The van der Waals surface area contributed by atoms with Crippen molar-refractivity contribution >= 4 is 5.82 Å². The van der Waals surface area contributed by atoms with Gasteiger partial charge in [0.2, 0.25) is 0 Å². The third kappa shape index (κ3) is 3.59. The highest BCUT2D eigenvalue weighted by Crippen LogP contribution is 2.32. The zero-order valence-corrected chi connectivity index (χ0v) is 15.2. The number of rotatable bonds is 4. The molecule has 0 amide bonds. The number of fused-ring (bicyclic) bond motifs is 1. The maximum Gasteiger partial charge on any atom is 0.161 e. The molecule has 1 atom stereocenters. The first-order chi connectivity index (χ1) is 12.7. The summed E-state index contributed by atoms with van der Waals surface area (Å²) in [5, 5.41) is 3.11. The Bertz CT molecular complexity index is 783. The Morgan fingerprint density at radius 1 is 1.12 bits per heavy atom. The number of benzene rings is 1. The average Bonchev–Trinajstić information content (AvgIpc) is 2.68. The minimum absolute atomic E-state index is 0.0314. The lowest BCUT2D eigenvalue weighted by molar-refractivity contribution is -0.0159. The van der Waals surface area contributed by atoms with Crippen molar-refractivity contribution in [3.05, 3.63) is 41.3 Å². The van der Waals surface area contributed by atoms with Gasteiger partial charge in [-0.2, -0.15) is 0 Å². The van der Waals surface area contributed by atoms with Crippen LogP contribution in [0.15, 0.2) is 24.3 Å². The van der Waals surface area contributed by atoms with Crippen LogP contribution >= 0.6 is 0 Å². The monoisotopic (exact) mass is 356 g/mol. The summed E-state index contributed by atoms with van der Waals surface area (Å²) >= 11 is 0. The topological polar surface area (TPSA) is 68.7 Å². The highest BCUT2D eigenvalue weighted by atomic mass is 16.6. The van der Waals surface area contributed by atoms with Crippen LogP contribution in [0, 0.1) is 6.92 Å². The molecule has 0 bridgehead atoms. The van der Waals surface area contributed by atoms with Crippen molar-refractivity contribution in [1.29, 1.82) is 0 Å². The molecule has 0 saturated carbocycles. The van der Waals surface area contributed by atoms with E-state index in [9.17, 15) is 0 Å². The summed E-state index contributed by atoms with van der Waals surface area (Å²) in [4.78, 5) is 11.7. The molecular weight excluding hydrogens is 332 g/mol. The van der Waals surface area contributed by atoms with Crippen LogP contribution in [0.4, 0.5) is 5.82 Å². The predicted molar refractivity (Wildman–Crippen MR) is 97.7 cm³/mol. The molecule has 3 heterocycles. The number of aryl methyl sites for hydroxylation is 1. The van der Waals surface area contributed by atoms with Crippen LogP contribution in [0.1, 0.15) is 23.1 Å². The molecule has 2 aliphatic rings. The summed E-state index contributed by atoms with van der Waals surface area (Å²) in [6.07, 6.45) is 0. The number of nitrogens with zero attached hydrogens (tertiary/aromatic N) is 3. The number of anilines is 1. The van der Waals surface area contributed by atoms with Crippen molar-refractivity contribution in [2.24, 2.45) is 0 Å². The van der Waals surface area contributed by atoms with E-state index < -0.39 is 0 Å². The second kappa shape index (κ2) is 7.47. The fraction of sp³-hybridized carbons (Fsp3) is 0.474. The maximum atomic E-state index is 5.72. The number of morpholine rings is 1. The highest BCUT2D eigenvalue weighted by Gasteiger charge is 2.28. The van der Waals surface area contributed by atoms with Crippen LogP contribution in [0.3, 0.4) is 0 Å². The van der Waals surface area contributed by atoms with E-state index in [0.29, 0.717) is 26.4 Å². The van der Waals surface area contributed by atoms with Crippen molar-refractivity contribution in [3.63, 3.8) is 0 Å². The first-order valence-electron chi connectivity index (χ1n) is 8.96. The van der Waals surface area contributed by atoms with Crippen LogP contribution in [0.2, 0.25) is 0 Å². The number of nitrogens with one attached hydrogen (secondary N) is 1. The molecular formula is C19H24N4O3. The molecule has 1 aromatic carbocycles. The molecule has 2 aliphatic heterocycles. The summed E-state index contributed by atoms with van der Waals surface area (Å²) in [5.41, 5.74) is 2.13. The first-order valence-corrected chi connectivity index (χ1v) is 8.96. The van der Waals surface area contributed by atoms with E-state index in [1.807, 2.05) is 26.1 Å². The summed E-state index contributed by atoms with van der Waals surface area (Å²) < 4.78 is 17.0. The Balaban J connectivity index is 1.57. The Labute approximate surface area is 153 Å². The van der Waals surface area contributed by atoms with E-state index >= 15 is 0 Å². The van der Waals surface area contributed by atoms with Gasteiger partial charge in [-0.25, -0.2) is 9.97 Å². The predicted octanol–water partition coefficient (Wildman–Crippen LogP) is 2.17. The molecule has 1 fully saturated rings. The zero-order valence-electron chi connectivity index (χ0n) is 15.2. The van der Waals surface area contributed by atoms with Gasteiger partial charge in [-0.3, -0.25) is 4.90 Å². The number of ether oxygens (including phenoxy) is 3. The third-order valence-electron chi connectivity index (χ3n) is 4.66. The van der Waals surface area contributed by atoms with Crippen LogP contribution in [-0.4, -0.2) is 54.9 Å². The van der Waals surface area contributed by atoms with Crippen LogP contribution in [0.5, 0.6) is 11.5 Å². The van der Waals surface area contributed by atoms with Crippen LogP contribution in [0.25, 0.3) is 0 Å². The Morgan fingerprint density at radius 2 is 1.96 bits per heavy atom. The second-order valence-corrected chi connectivity index (χ2v) is 6.54. The average molecular weight is 356 g/mol. The zero-order chi connectivity index (χ0) is 17.9. The summed E-state index contributed by atoms with van der Waals surface area (Å²) in [5.74, 6) is 3.27. The molecule has 4 rings (SSSR count). The summed E-state index contributed by atoms with van der Waals surface area (Å²) in [6.45, 7) is 6.13. The van der Waals surface area contributed by atoms with Crippen LogP contribution < -0.4 is 14.8 Å². The normalized spacial score (nSPS) is 20.0. The fourth-order valence-corrected chi connectivity index (χ4v) is 3.35. The molecule has 1 N–H and O–H groups in total. The standard InChI is InChI=1S/C19H24N4O3/c1-13-9-18(20-2)22-19(21-13)15-12-24-6-5-23(15)11-14-3-4-16-17(10-14)26-8-7-25-16/h3-4,9-10,15H,5-8,11-12H2,1-2H3,(H,20,21,22). The summed E-state index contributed by atoms with van der Waals surface area (Å²) in [7, 11) is 1.87. The molecule has 7 nitrogen and oxygen atoms in total. The van der Waals surface area contributed by atoms with Crippen molar-refractivity contribution in [2.45, 2.75) is 19.5 Å². The van der Waals surface area contributed by atoms with E-state index in [1.165, 1.54) is 5.56 Å². The van der Waals surface area contributed by atoms with E-state index in [2.05, 4.69) is 32.3 Å². The molecule has 0 spiro atoms. The fourth-order valence-electron chi connectivity index (χ4n) is 3.35. The lowest BCUT2D eigenvalue weighted by atomic mass is 10.1. The Kier molecular flexibility index (Phi) is 4.90. The maximum absolute atomic E-state index is 5.72. The molecule has 138 valence electrons. The minimum Gasteiger partial charge on any atom is -0.486 e. The largest absolute Gasteiger partial charge is 0.486 e. The quantitative estimate of drug-likeness (QED) is 0.900. The molecule has 1 saturated heterocycles. The summed E-state index contributed by atoms with van der Waals surface area (Å²) in [6, 6.07) is 8.12. The lowest BCUT2D eigenvalue weighted by Crippen LogP contribution is -2.40. The molecule has 0 aliphatic carbocycles. The van der Waals surface area contributed by atoms with Gasteiger partial charge in [-0.15, -0.1) is 0 Å². The number of hydrogen-bond donors (Lipinski definition) is 1. The SMILES string of the molecule is CNc1cc(C)nc(C2COCCN2Cc2ccc3c(c2)OCCO3)n1. The molecule has 0 radical (unpaired) electrons. The van der Waals surface area contributed by atoms with Crippen molar-refractivity contribution in [3.8, 4) is 11.5 Å². The smallest absolute Gasteiger partial charge is 0.161 e. The lowest BCUT2D eigenvalue weighted by Gasteiger charge is -2.35. The Hall–Kier alpha value is -2.38. The van der Waals surface area contributed by atoms with Crippen molar-refractivity contribution in [1.82, 2.24) is 14.9 Å². The van der Waals surface area contributed by atoms with E-state index in [1.54, 1.807) is 0 Å². The van der Waals surface area contributed by atoms with E-state index in [0.717, 1.165) is 41.9 Å². The van der Waals surface area contributed by atoms with Gasteiger partial charge in [0.05, 0.1) is 19.3 Å². The molecule has 7 heteroatoms. The van der Waals surface area contributed by atoms with Gasteiger partial charge in [0, 0.05) is 31.9 Å². The first kappa shape index (κ1) is 17.1. The van der Waals surface area contributed by atoms with Gasteiger partial charge in [0.1, 0.15) is 24.9 Å². The van der Waals surface area contributed by atoms with Gasteiger partial charge >= 0.3 is 0 Å². The number of hydrogen-bond acceptors (Lipinski definition) is 7.